The van der Waals surface area contributed by atoms with Gasteiger partial charge in [0.25, 0.3) is 0 Å². The van der Waals surface area contributed by atoms with Crippen molar-refractivity contribution in [2.45, 2.75) is 24.8 Å². The van der Waals surface area contributed by atoms with Gasteiger partial charge in [-0.1, -0.05) is 28.9 Å². The number of hydrogen-bond donors (Lipinski definition) is 1. The third-order valence-corrected chi connectivity index (χ3v) is 3.60. The van der Waals surface area contributed by atoms with Crippen LogP contribution in [-0.4, -0.2) is 12.8 Å². The molecule has 14 heavy (non-hydrogen) atoms. The topological polar surface area (TPSA) is 12.0 Å². The van der Waals surface area contributed by atoms with Crippen LogP contribution in [0.4, 0.5) is 0 Å². The van der Waals surface area contributed by atoms with E-state index in [-0.39, 0.29) is 0 Å². The second-order valence-corrected chi connectivity index (χ2v) is 4.90. The Morgan fingerprint density at radius 3 is 2.71 bits per heavy atom. The van der Waals surface area contributed by atoms with Gasteiger partial charge in [-0.3, -0.25) is 0 Å². The number of halogens is 1. The molecule has 1 aromatic carbocycles. The molecule has 3 heteroatoms. The zero-order valence-electron chi connectivity index (χ0n) is 8.80. The van der Waals surface area contributed by atoms with Crippen LogP contribution in [0, 0.1) is 0 Å². The quantitative estimate of drug-likeness (QED) is 0.837. The first-order valence-corrected chi connectivity index (χ1v) is 6.77. The third-order valence-electron chi connectivity index (χ3n) is 2.18. The molecule has 0 saturated carbocycles. The van der Waals surface area contributed by atoms with Crippen LogP contribution in [0.15, 0.2) is 27.6 Å². The molecular formula is C11H16BrNS. The maximum absolute atomic E-state index is 3.61. The van der Waals surface area contributed by atoms with Crippen LogP contribution in [0.5, 0.6) is 0 Å². The fourth-order valence-corrected chi connectivity index (χ4v) is 2.72. The third kappa shape index (κ3) is 3.01. The maximum atomic E-state index is 3.61. The van der Waals surface area contributed by atoms with Crippen molar-refractivity contribution in [1.82, 2.24) is 5.32 Å². The molecule has 0 heterocycles. The van der Waals surface area contributed by atoms with Crippen molar-refractivity contribution in [3.05, 3.63) is 28.2 Å². The molecule has 1 unspecified atom stereocenters. The van der Waals surface area contributed by atoms with Crippen LogP contribution in [0.25, 0.3) is 0 Å². The molecule has 78 valence electrons. The summed E-state index contributed by atoms with van der Waals surface area (Å²) in [5.74, 6) is 0. The molecule has 0 fully saturated rings. The second-order valence-electron chi connectivity index (χ2n) is 3.17. The summed E-state index contributed by atoms with van der Waals surface area (Å²) in [6.07, 6.45) is 2.09. The lowest BCUT2D eigenvalue weighted by atomic mass is 10.1. The Morgan fingerprint density at radius 1 is 1.50 bits per heavy atom. The minimum absolute atomic E-state index is 0.408. The second kappa shape index (κ2) is 5.79. The van der Waals surface area contributed by atoms with E-state index >= 15 is 0 Å². The molecule has 1 nitrogen and oxygen atoms in total. The molecule has 0 aliphatic heterocycles. The van der Waals surface area contributed by atoms with Crippen LogP contribution >= 0.6 is 27.7 Å². The van der Waals surface area contributed by atoms with Gasteiger partial charge in [-0.05, 0) is 37.4 Å². The molecule has 0 radical (unpaired) electrons. The fourth-order valence-electron chi connectivity index (χ4n) is 1.40. The molecule has 1 rings (SSSR count). The average Bonchev–Trinajstić information content (AvgIpc) is 2.17. The number of thioether (sulfide) groups is 1. The summed E-state index contributed by atoms with van der Waals surface area (Å²) in [5.41, 5.74) is 1.32. The molecule has 0 saturated heterocycles. The Bertz CT molecular complexity index is 301. The molecule has 0 amide bonds. The minimum atomic E-state index is 0.408. The molecule has 1 atom stereocenters. The number of hydrogen-bond acceptors (Lipinski definition) is 2. The van der Waals surface area contributed by atoms with Crippen LogP contribution in [0.3, 0.4) is 0 Å². The highest BCUT2D eigenvalue weighted by Gasteiger charge is 2.07. The smallest absolute Gasteiger partial charge is 0.0302 e. The van der Waals surface area contributed by atoms with Gasteiger partial charge in [0.15, 0.2) is 0 Å². The van der Waals surface area contributed by atoms with Crippen LogP contribution in [0.1, 0.15) is 25.5 Å². The number of rotatable bonds is 4. The van der Waals surface area contributed by atoms with E-state index in [1.807, 2.05) is 0 Å². The average molecular weight is 274 g/mol. The largest absolute Gasteiger partial charge is 0.310 e. The normalized spacial score (nSPS) is 12.9. The highest BCUT2D eigenvalue weighted by atomic mass is 79.9. The van der Waals surface area contributed by atoms with Crippen molar-refractivity contribution in [3.63, 3.8) is 0 Å². The van der Waals surface area contributed by atoms with E-state index in [0.717, 1.165) is 6.54 Å². The Kier molecular flexibility index (Phi) is 4.99. The predicted molar refractivity (Wildman–Crippen MR) is 68.0 cm³/mol. The summed E-state index contributed by atoms with van der Waals surface area (Å²) < 4.78 is 1.19. The predicted octanol–water partition coefficient (Wildman–Crippen LogP) is 3.84. The minimum Gasteiger partial charge on any atom is -0.310 e. The van der Waals surface area contributed by atoms with E-state index in [2.05, 4.69) is 59.5 Å². The van der Waals surface area contributed by atoms with Gasteiger partial charge in [-0.15, -0.1) is 11.8 Å². The van der Waals surface area contributed by atoms with Gasteiger partial charge in [-0.2, -0.15) is 0 Å². The van der Waals surface area contributed by atoms with Crippen molar-refractivity contribution < 1.29 is 0 Å². The molecule has 1 N–H and O–H groups in total. The first-order chi connectivity index (χ1) is 6.69. The lowest BCUT2D eigenvalue weighted by Gasteiger charge is -2.15. The van der Waals surface area contributed by atoms with E-state index in [1.165, 1.54) is 14.9 Å². The Labute approximate surface area is 98.8 Å². The lowest BCUT2D eigenvalue weighted by Crippen LogP contribution is -2.17. The van der Waals surface area contributed by atoms with Gasteiger partial charge in [0.1, 0.15) is 0 Å². The summed E-state index contributed by atoms with van der Waals surface area (Å²) in [4.78, 5) is 1.30. The van der Waals surface area contributed by atoms with E-state index in [9.17, 15) is 0 Å². The summed E-state index contributed by atoms with van der Waals surface area (Å²) in [5, 5.41) is 3.40. The lowest BCUT2D eigenvalue weighted by molar-refractivity contribution is 0.595. The highest BCUT2D eigenvalue weighted by Crippen LogP contribution is 2.27. The van der Waals surface area contributed by atoms with Crippen LogP contribution in [-0.2, 0) is 0 Å². The van der Waals surface area contributed by atoms with Crippen LogP contribution < -0.4 is 5.32 Å². The molecule has 0 aliphatic carbocycles. The van der Waals surface area contributed by atoms with Crippen molar-refractivity contribution in [3.8, 4) is 0 Å². The van der Waals surface area contributed by atoms with Gasteiger partial charge < -0.3 is 5.32 Å². The monoisotopic (exact) mass is 273 g/mol. The summed E-state index contributed by atoms with van der Waals surface area (Å²) in [7, 11) is 0. The fraction of sp³-hybridized carbons (Fsp3) is 0.455. The molecule has 0 aromatic heterocycles. The van der Waals surface area contributed by atoms with E-state index in [4.69, 9.17) is 0 Å². The van der Waals surface area contributed by atoms with Gasteiger partial charge in [0, 0.05) is 15.4 Å². The molecule has 0 bridgehead atoms. The number of nitrogens with one attached hydrogen (secondary N) is 1. The summed E-state index contributed by atoms with van der Waals surface area (Å²) in [6.45, 7) is 5.31. The Hall–Kier alpha value is 0.01000. The van der Waals surface area contributed by atoms with Crippen molar-refractivity contribution in [2.75, 3.05) is 12.8 Å². The highest BCUT2D eigenvalue weighted by molar-refractivity contribution is 9.10. The van der Waals surface area contributed by atoms with Gasteiger partial charge >= 0.3 is 0 Å². The zero-order chi connectivity index (χ0) is 10.6. The Balaban J connectivity index is 2.88. The molecular weight excluding hydrogens is 258 g/mol. The Morgan fingerprint density at radius 2 is 2.21 bits per heavy atom. The SMILES string of the molecule is CCNC(C)c1ccc(SC)cc1Br. The summed E-state index contributed by atoms with van der Waals surface area (Å²) in [6, 6.07) is 6.93. The molecule has 0 aliphatic rings. The van der Waals surface area contributed by atoms with E-state index in [0.29, 0.717) is 6.04 Å². The van der Waals surface area contributed by atoms with Gasteiger partial charge in [0.2, 0.25) is 0 Å². The van der Waals surface area contributed by atoms with Gasteiger partial charge in [0.05, 0.1) is 0 Å². The van der Waals surface area contributed by atoms with Crippen LogP contribution in [0.2, 0.25) is 0 Å². The number of benzene rings is 1. The molecule has 0 spiro atoms. The van der Waals surface area contributed by atoms with E-state index in [1.54, 1.807) is 11.8 Å². The van der Waals surface area contributed by atoms with Crippen molar-refractivity contribution >= 4 is 27.7 Å². The van der Waals surface area contributed by atoms with Gasteiger partial charge in [-0.25, -0.2) is 0 Å². The first-order valence-electron chi connectivity index (χ1n) is 4.75. The maximum Gasteiger partial charge on any atom is 0.0302 e. The van der Waals surface area contributed by atoms with E-state index < -0.39 is 0 Å². The standard InChI is InChI=1S/C11H16BrNS/c1-4-13-8(2)10-6-5-9(14-3)7-11(10)12/h5-8,13H,4H2,1-3H3. The summed E-state index contributed by atoms with van der Waals surface area (Å²) >= 11 is 5.37. The zero-order valence-corrected chi connectivity index (χ0v) is 11.2. The molecule has 1 aromatic rings. The first kappa shape index (κ1) is 12.1. The van der Waals surface area contributed by atoms with Crippen molar-refractivity contribution in [1.29, 1.82) is 0 Å². The van der Waals surface area contributed by atoms with Crippen molar-refractivity contribution in [2.24, 2.45) is 0 Å².